The summed E-state index contributed by atoms with van der Waals surface area (Å²) in [5.41, 5.74) is 8.28. The summed E-state index contributed by atoms with van der Waals surface area (Å²) >= 11 is 1.14. The lowest BCUT2D eigenvalue weighted by Crippen LogP contribution is -2.07. The number of hydrogen-bond acceptors (Lipinski definition) is 6. The summed E-state index contributed by atoms with van der Waals surface area (Å²) in [6.07, 6.45) is 0. The molecule has 27 heavy (non-hydrogen) atoms. The quantitative estimate of drug-likeness (QED) is 0.422. The van der Waals surface area contributed by atoms with Crippen molar-refractivity contribution in [3.05, 3.63) is 72.0 Å². The highest BCUT2D eigenvalue weighted by Gasteiger charge is 2.16. The van der Waals surface area contributed by atoms with Gasteiger partial charge in [-0.1, -0.05) is 54.2 Å². The van der Waals surface area contributed by atoms with Crippen LogP contribution in [-0.2, 0) is 0 Å². The van der Waals surface area contributed by atoms with E-state index in [1.54, 1.807) is 22.6 Å². The first kappa shape index (κ1) is 17.2. The minimum absolute atomic E-state index is 0.0155. The van der Waals surface area contributed by atoms with Crippen LogP contribution < -0.4 is 5.73 Å². The SMILES string of the molecule is Nc1nc(-c2ccccc2)cc2nnc(SCC(=O)c3ccccc3F)n12. The van der Waals surface area contributed by atoms with Gasteiger partial charge in [-0.05, 0) is 12.1 Å². The molecule has 2 aromatic carbocycles. The Labute approximate surface area is 158 Å². The number of nitrogens with zero attached hydrogens (tertiary/aromatic N) is 4. The topological polar surface area (TPSA) is 86.2 Å². The molecule has 4 aromatic rings. The number of ketones is 1. The molecule has 0 bridgehead atoms. The molecule has 2 heterocycles. The van der Waals surface area contributed by atoms with Gasteiger partial charge in [0, 0.05) is 11.6 Å². The number of hydrogen-bond donors (Lipinski definition) is 1. The van der Waals surface area contributed by atoms with Gasteiger partial charge in [0.1, 0.15) is 5.82 Å². The Balaban J connectivity index is 1.60. The van der Waals surface area contributed by atoms with Crippen molar-refractivity contribution in [3.63, 3.8) is 0 Å². The summed E-state index contributed by atoms with van der Waals surface area (Å²) in [5, 5.41) is 8.64. The molecule has 0 amide bonds. The number of benzene rings is 2. The Hall–Kier alpha value is -3.26. The van der Waals surface area contributed by atoms with Crippen LogP contribution in [0.15, 0.2) is 65.8 Å². The second-order valence-corrected chi connectivity index (χ2v) is 6.68. The van der Waals surface area contributed by atoms with Crippen molar-refractivity contribution in [2.45, 2.75) is 5.16 Å². The van der Waals surface area contributed by atoms with E-state index in [4.69, 9.17) is 5.73 Å². The highest BCUT2D eigenvalue weighted by atomic mass is 32.2. The highest BCUT2D eigenvalue weighted by Crippen LogP contribution is 2.25. The Kier molecular flexibility index (Phi) is 4.55. The number of anilines is 1. The minimum atomic E-state index is -0.539. The largest absolute Gasteiger partial charge is 0.369 e. The number of fused-ring (bicyclic) bond motifs is 1. The molecule has 0 atom stereocenters. The smallest absolute Gasteiger partial charge is 0.208 e. The molecule has 8 heteroatoms. The Morgan fingerprint density at radius 1 is 1.07 bits per heavy atom. The molecule has 0 saturated carbocycles. The third-order valence-electron chi connectivity index (χ3n) is 3.96. The lowest BCUT2D eigenvalue weighted by atomic mass is 10.1. The lowest BCUT2D eigenvalue weighted by molar-refractivity contribution is 0.101. The lowest BCUT2D eigenvalue weighted by Gasteiger charge is -2.06. The maximum atomic E-state index is 13.7. The Morgan fingerprint density at radius 3 is 2.59 bits per heavy atom. The molecule has 0 saturated heterocycles. The molecule has 0 unspecified atom stereocenters. The maximum absolute atomic E-state index is 13.7. The van der Waals surface area contributed by atoms with Crippen molar-refractivity contribution in [1.29, 1.82) is 0 Å². The van der Waals surface area contributed by atoms with Crippen LogP contribution in [0.3, 0.4) is 0 Å². The van der Waals surface area contributed by atoms with E-state index >= 15 is 0 Å². The average molecular weight is 379 g/mol. The van der Waals surface area contributed by atoms with Crippen LogP contribution in [0.5, 0.6) is 0 Å². The zero-order valence-electron chi connectivity index (χ0n) is 14.0. The first-order valence-corrected chi connectivity index (χ1v) is 9.09. The van der Waals surface area contributed by atoms with Gasteiger partial charge in [-0.2, -0.15) is 0 Å². The van der Waals surface area contributed by atoms with Crippen LogP contribution in [0.2, 0.25) is 0 Å². The number of carbonyl (C=O) groups is 1. The van der Waals surface area contributed by atoms with Gasteiger partial charge in [-0.25, -0.2) is 13.8 Å². The number of nitrogen functional groups attached to an aromatic ring is 1. The number of Topliss-reactive ketones (excluding diaryl/α,β-unsaturated/α-hetero) is 1. The Bertz CT molecular complexity index is 1130. The molecular formula is C19H14FN5OS. The normalized spacial score (nSPS) is 11.0. The number of halogens is 1. The van der Waals surface area contributed by atoms with Crippen molar-refractivity contribution < 1.29 is 9.18 Å². The number of thioether (sulfide) groups is 1. The second-order valence-electron chi connectivity index (χ2n) is 5.73. The fraction of sp³-hybridized carbons (Fsp3) is 0.0526. The van der Waals surface area contributed by atoms with E-state index < -0.39 is 5.82 Å². The molecule has 6 nitrogen and oxygen atoms in total. The van der Waals surface area contributed by atoms with Crippen LogP contribution >= 0.6 is 11.8 Å². The van der Waals surface area contributed by atoms with Crippen LogP contribution in [0.1, 0.15) is 10.4 Å². The molecule has 0 aliphatic heterocycles. The summed E-state index contributed by atoms with van der Waals surface area (Å²) < 4.78 is 15.3. The van der Waals surface area contributed by atoms with Crippen LogP contribution in [0.25, 0.3) is 16.9 Å². The molecule has 4 rings (SSSR count). The summed E-state index contributed by atoms with van der Waals surface area (Å²) in [7, 11) is 0. The van der Waals surface area contributed by atoms with Crippen molar-refractivity contribution in [3.8, 4) is 11.3 Å². The standard InChI is InChI=1S/C19H14FN5OS/c20-14-9-5-4-8-13(14)16(26)11-27-19-24-23-17-10-15(22-18(21)25(17)19)12-6-2-1-3-7-12/h1-10H,11H2,(H2,21,22). The van der Waals surface area contributed by atoms with E-state index in [0.29, 0.717) is 16.5 Å². The van der Waals surface area contributed by atoms with Crippen molar-refractivity contribution >= 4 is 29.1 Å². The van der Waals surface area contributed by atoms with E-state index in [9.17, 15) is 9.18 Å². The summed E-state index contributed by atoms with van der Waals surface area (Å²) in [6, 6.07) is 17.3. The third-order valence-corrected chi connectivity index (χ3v) is 4.89. The van der Waals surface area contributed by atoms with Crippen LogP contribution in [0.4, 0.5) is 10.3 Å². The molecule has 134 valence electrons. The first-order valence-electron chi connectivity index (χ1n) is 8.11. The molecule has 0 spiro atoms. The number of rotatable bonds is 5. The van der Waals surface area contributed by atoms with Crippen molar-refractivity contribution in [2.75, 3.05) is 11.5 Å². The minimum Gasteiger partial charge on any atom is -0.369 e. The monoisotopic (exact) mass is 379 g/mol. The van der Waals surface area contributed by atoms with Gasteiger partial charge < -0.3 is 5.73 Å². The van der Waals surface area contributed by atoms with Gasteiger partial charge in [0.2, 0.25) is 5.95 Å². The van der Waals surface area contributed by atoms with E-state index in [2.05, 4.69) is 15.2 Å². The number of nitrogens with two attached hydrogens (primary N) is 1. The van der Waals surface area contributed by atoms with Gasteiger partial charge in [-0.3, -0.25) is 4.79 Å². The Morgan fingerprint density at radius 2 is 1.81 bits per heavy atom. The van der Waals surface area contributed by atoms with Crippen molar-refractivity contribution in [1.82, 2.24) is 19.6 Å². The molecule has 0 radical (unpaired) electrons. The summed E-state index contributed by atoms with van der Waals surface area (Å²) in [4.78, 5) is 16.7. The summed E-state index contributed by atoms with van der Waals surface area (Å²) in [5.74, 6) is -0.635. The summed E-state index contributed by atoms with van der Waals surface area (Å²) in [6.45, 7) is 0. The molecular weight excluding hydrogens is 365 g/mol. The van der Waals surface area contributed by atoms with Gasteiger partial charge in [0.15, 0.2) is 16.6 Å². The van der Waals surface area contributed by atoms with E-state index in [-0.39, 0.29) is 23.0 Å². The van der Waals surface area contributed by atoms with Gasteiger partial charge in [0.25, 0.3) is 0 Å². The molecule has 2 N–H and O–H groups in total. The molecule has 0 aliphatic carbocycles. The highest BCUT2D eigenvalue weighted by molar-refractivity contribution is 7.99. The third kappa shape index (κ3) is 3.39. The maximum Gasteiger partial charge on any atom is 0.208 e. The van der Waals surface area contributed by atoms with E-state index in [0.717, 1.165) is 17.3 Å². The molecule has 0 aliphatic rings. The van der Waals surface area contributed by atoms with Gasteiger partial charge in [-0.15, -0.1) is 10.2 Å². The van der Waals surface area contributed by atoms with Gasteiger partial charge >= 0.3 is 0 Å². The molecule has 2 aromatic heterocycles. The first-order chi connectivity index (χ1) is 13.1. The van der Waals surface area contributed by atoms with Crippen molar-refractivity contribution in [2.24, 2.45) is 0 Å². The van der Waals surface area contributed by atoms with E-state index in [1.165, 1.54) is 12.1 Å². The number of aromatic nitrogens is 4. The average Bonchev–Trinajstić information content (AvgIpc) is 3.11. The van der Waals surface area contributed by atoms with Gasteiger partial charge in [0.05, 0.1) is 17.0 Å². The predicted octanol–water partition coefficient (Wildman–Crippen LogP) is 3.49. The van der Waals surface area contributed by atoms with Crippen LogP contribution in [0, 0.1) is 5.82 Å². The van der Waals surface area contributed by atoms with Crippen LogP contribution in [-0.4, -0.2) is 31.1 Å². The fourth-order valence-electron chi connectivity index (χ4n) is 2.66. The predicted molar refractivity (Wildman–Crippen MR) is 102 cm³/mol. The fourth-order valence-corrected chi connectivity index (χ4v) is 3.49. The molecule has 0 fully saturated rings. The second kappa shape index (κ2) is 7.16. The number of carbonyl (C=O) groups excluding carboxylic acids is 1. The zero-order chi connectivity index (χ0) is 18.8. The van der Waals surface area contributed by atoms with E-state index in [1.807, 2.05) is 30.3 Å². The zero-order valence-corrected chi connectivity index (χ0v) is 14.9.